The van der Waals surface area contributed by atoms with Crippen LogP contribution in [-0.4, -0.2) is 0 Å². The van der Waals surface area contributed by atoms with Gasteiger partial charge in [-0.15, -0.1) is 0 Å². The third kappa shape index (κ3) is 0.878. The van der Waals surface area contributed by atoms with Crippen LogP contribution in [0.2, 0.25) is 0 Å². The first-order valence-electron chi connectivity index (χ1n) is 5.34. The summed E-state index contributed by atoms with van der Waals surface area (Å²) >= 11 is 0. The number of hydrogen-bond acceptors (Lipinski definition) is 0. The molecule has 5 unspecified atom stereocenters. The highest BCUT2D eigenvalue weighted by Crippen LogP contribution is 2.62. The number of fused-ring (bicyclic) bond motifs is 3. The smallest absolute Gasteiger partial charge is 0.0352 e. The second kappa shape index (κ2) is 2.02. The van der Waals surface area contributed by atoms with Crippen molar-refractivity contribution in [1.29, 1.82) is 0 Å². The highest BCUT2D eigenvalue weighted by atomic mass is 14.6. The minimum Gasteiger partial charge on any atom is -0.0625 e. The summed E-state index contributed by atoms with van der Waals surface area (Å²) in [5.74, 6) is 5.83. The zero-order valence-corrected chi connectivity index (χ0v) is 7.42. The zero-order chi connectivity index (χ0) is 7.42. The summed E-state index contributed by atoms with van der Waals surface area (Å²) in [6, 6.07) is 0. The molecule has 3 aliphatic carbocycles. The molecule has 0 aromatic rings. The fourth-order valence-corrected chi connectivity index (χ4v) is 3.76. The van der Waals surface area contributed by atoms with E-state index >= 15 is 0 Å². The summed E-state index contributed by atoms with van der Waals surface area (Å²) in [6.45, 7) is 2.45. The van der Waals surface area contributed by atoms with E-state index in [2.05, 4.69) is 6.92 Å². The second-order valence-electron chi connectivity index (χ2n) is 5.24. The van der Waals surface area contributed by atoms with Crippen molar-refractivity contribution in [2.24, 2.45) is 29.6 Å². The average molecular weight is 150 g/mol. The molecule has 0 saturated heterocycles. The third-order valence-corrected chi connectivity index (χ3v) is 4.44. The lowest BCUT2D eigenvalue weighted by Crippen LogP contribution is -2.21. The van der Waals surface area contributed by atoms with E-state index in [9.17, 15) is 0 Å². The molecule has 0 nitrogen and oxygen atoms in total. The van der Waals surface area contributed by atoms with Gasteiger partial charge >= 0.3 is 0 Å². The van der Waals surface area contributed by atoms with Gasteiger partial charge in [0.15, 0.2) is 0 Å². The van der Waals surface area contributed by atoms with Crippen molar-refractivity contribution in [2.75, 3.05) is 0 Å². The summed E-state index contributed by atoms with van der Waals surface area (Å²) in [4.78, 5) is 0. The quantitative estimate of drug-likeness (QED) is 0.498. The molecule has 62 valence electrons. The molecule has 0 N–H and O–H groups in total. The molecule has 0 heterocycles. The van der Waals surface area contributed by atoms with E-state index < -0.39 is 0 Å². The fraction of sp³-hybridized carbons (Fsp3) is 1.00. The van der Waals surface area contributed by atoms with Gasteiger partial charge in [-0.05, 0) is 55.3 Å². The molecule has 0 amide bonds. The van der Waals surface area contributed by atoms with E-state index in [0.717, 1.165) is 5.92 Å². The van der Waals surface area contributed by atoms with Crippen LogP contribution in [0.15, 0.2) is 0 Å². The maximum absolute atomic E-state index is 2.45. The van der Waals surface area contributed by atoms with Gasteiger partial charge in [-0.3, -0.25) is 0 Å². The Morgan fingerprint density at radius 1 is 0.818 bits per heavy atom. The third-order valence-electron chi connectivity index (χ3n) is 4.44. The van der Waals surface area contributed by atoms with Crippen LogP contribution in [0.3, 0.4) is 0 Å². The average Bonchev–Trinajstić information content (AvgIpc) is 2.67. The molecule has 3 rings (SSSR count). The van der Waals surface area contributed by atoms with Crippen molar-refractivity contribution in [2.45, 2.75) is 39.0 Å². The standard InChI is InChI=1S/C11H18/c1-7-2-3-8-5-9-6-11(9)10(8)4-7/h7-11H,2-6H2,1H3. The van der Waals surface area contributed by atoms with Crippen molar-refractivity contribution < 1.29 is 0 Å². The minimum absolute atomic E-state index is 1.05. The predicted molar refractivity (Wildman–Crippen MR) is 46.2 cm³/mol. The Labute approximate surface area is 69.4 Å². The first kappa shape index (κ1) is 6.51. The first-order valence-corrected chi connectivity index (χ1v) is 5.34. The zero-order valence-electron chi connectivity index (χ0n) is 7.42. The molecule has 3 aliphatic rings. The molecule has 11 heavy (non-hydrogen) atoms. The number of hydrogen-bond donors (Lipinski definition) is 0. The molecule has 0 heteroatoms. The van der Waals surface area contributed by atoms with Crippen LogP contribution in [0.25, 0.3) is 0 Å². The Hall–Kier alpha value is 0. The summed E-state index contributed by atoms with van der Waals surface area (Å²) in [6.07, 6.45) is 7.89. The van der Waals surface area contributed by atoms with Crippen molar-refractivity contribution >= 4 is 0 Å². The molecule has 0 aromatic heterocycles. The highest BCUT2D eigenvalue weighted by Gasteiger charge is 2.53. The molecule has 0 bridgehead atoms. The van der Waals surface area contributed by atoms with Crippen LogP contribution in [0.1, 0.15) is 39.0 Å². The Morgan fingerprint density at radius 3 is 2.55 bits per heavy atom. The van der Waals surface area contributed by atoms with Gasteiger partial charge in [0.05, 0.1) is 0 Å². The lowest BCUT2D eigenvalue weighted by Gasteiger charge is -2.31. The molecular formula is C11H18. The van der Waals surface area contributed by atoms with Crippen molar-refractivity contribution in [3.63, 3.8) is 0 Å². The summed E-state index contributed by atoms with van der Waals surface area (Å²) in [5.41, 5.74) is 0. The normalized spacial score (nSPS) is 60.3. The lowest BCUT2D eigenvalue weighted by molar-refractivity contribution is 0.192. The van der Waals surface area contributed by atoms with E-state index in [0.29, 0.717) is 0 Å². The van der Waals surface area contributed by atoms with Gasteiger partial charge in [-0.1, -0.05) is 13.3 Å². The summed E-state index contributed by atoms with van der Waals surface area (Å²) < 4.78 is 0. The lowest BCUT2D eigenvalue weighted by atomic mass is 9.74. The predicted octanol–water partition coefficient (Wildman–Crippen LogP) is 3.08. The van der Waals surface area contributed by atoms with Gasteiger partial charge in [-0.25, -0.2) is 0 Å². The molecule has 0 aromatic carbocycles. The monoisotopic (exact) mass is 150 g/mol. The molecule has 3 saturated carbocycles. The Kier molecular flexibility index (Phi) is 1.20. The topological polar surface area (TPSA) is 0 Å². The molecule has 0 spiro atoms. The van der Waals surface area contributed by atoms with Crippen LogP contribution in [0, 0.1) is 29.6 Å². The van der Waals surface area contributed by atoms with Gasteiger partial charge in [-0.2, -0.15) is 0 Å². The van der Waals surface area contributed by atoms with E-state index in [-0.39, 0.29) is 0 Å². The molecule has 0 radical (unpaired) electrons. The summed E-state index contributed by atoms with van der Waals surface area (Å²) in [5, 5.41) is 0. The SMILES string of the molecule is CC1CCC2CC3CC3C2C1. The van der Waals surface area contributed by atoms with Crippen LogP contribution < -0.4 is 0 Å². The van der Waals surface area contributed by atoms with Gasteiger partial charge in [0.1, 0.15) is 0 Å². The maximum Gasteiger partial charge on any atom is -0.0352 e. The molecule has 5 atom stereocenters. The van der Waals surface area contributed by atoms with Crippen LogP contribution >= 0.6 is 0 Å². The molecule has 0 aliphatic heterocycles. The first-order chi connectivity index (χ1) is 5.34. The van der Waals surface area contributed by atoms with Gasteiger partial charge < -0.3 is 0 Å². The Bertz CT molecular complexity index is 173. The van der Waals surface area contributed by atoms with Crippen LogP contribution in [0.4, 0.5) is 0 Å². The fourth-order valence-electron chi connectivity index (χ4n) is 3.76. The van der Waals surface area contributed by atoms with E-state index in [4.69, 9.17) is 0 Å². The van der Waals surface area contributed by atoms with E-state index in [1.54, 1.807) is 25.7 Å². The highest BCUT2D eigenvalue weighted by molar-refractivity contribution is 5.03. The van der Waals surface area contributed by atoms with Crippen molar-refractivity contribution in [3.05, 3.63) is 0 Å². The van der Waals surface area contributed by atoms with E-state index in [1.807, 2.05) is 0 Å². The van der Waals surface area contributed by atoms with Gasteiger partial charge in [0, 0.05) is 0 Å². The van der Waals surface area contributed by atoms with Gasteiger partial charge in [0.2, 0.25) is 0 Å². The van der Waals surface area contributed by atoms with Crippen molar-refractivity contribution in [1.82, 2.24) is 0 Å². The molecular weight excluding hydrogens is 132 g/mol. The van der Waals surface area contributed by atoms with Crippen LogP contribution in [0.5, 0.6) is 0 Å². The van der Waals surface area contributed by atoms with Crippen LogP contribution in [-0.2, 0) is 0 Å². The van der Waals surface area contributed by atoms with Gasteiger partial charge in [0.25, 0.3) is 0 Å². The Balaban J connectivity index is 1.77. The molecule has 3 fully saturated rings. The largest absolute Gasteiger partial charge is 0.0625 e. The second-order valence-corrected chi connectivity index (χ2v) is 5.24. The maximum atomic E-state index is 2.45. The number of rotatable bonds is 0. The minimum atomic E-state index is 1.05. The van der Waals surface area contributed by atoms with E-state index in [1.165, 1.54) is 30.1 Å². The summed E-state index contributed by atoms with van der Waals surface area (Å²) in [7, 11) is 0. The van der Waals surface area contributed by atoms with Crippen molar-refractivity contribution in [3.8, 4) is 0 Å². The Morgan fingerprint density at radius 2 is 1.64 bits per heavy atom.